The van der Waals surface area contributed by atoms with E-state index in [1.807, 2.05) is 13.2 Å². The zero-order chi connectivity index (χ0) is 14.9. The Labute approximate surface area is 120 Å². The van der Waals surface area contributed by atoms with Crippen molar-refractivity contribution in [2.45, 2.75) is 39.2 Å². The van der Waals surface area contributed by atoms with E-state index in [-0.39, 0.29) is 10.4 Å². The van der Waals surface area contributed by atoms with Crippen LogP contribution in [0.4, 0.5) is 13.9 Å². The van der Waals surface area contributed by atoms with Crippen molar-refractivity contribution in [3.05, 3.63) is 22.5 Å². The van der Waals surface area contributed by atoms with Gasteiger partial charge < -0.3 is 5.32 Å². The highest BCUT2D eigenvalue weighted by molar-refractivity contribution is 7.15. The quantitative estimate of drug-likeness (QED) is 0.942. The predicted molar refractivity (Wildman–Crippen MR) is 74.1 cm³/mol. The molecule has 8 heteroatoms. The number of aryl methyl sites for hydroxylation is 1. The predicted octanol–water partition coefficient (Wildman–Crippen LogP) is 3.12. The lowest BCUT2D eigenvalue weighted by atomic mass is 9.89. The topological polar surface area (TPSA) is 55.6 Å². The van der Waals surface area contributed by atoms with Crippen LogP contribution in [0, 0.1) is 0 Å². The molecule has 2 rings (SSSR count). The van der Waals surface area contributed by atoms with Crippen LogP contribution in [0.5, 0.6) is 0 Å². The molecule has 0 aliphatic heterocycles. The number of aromatic nitrogens is 4. The lowest BCUT2D eigenvalue weighted by Crippen LogP contribution is -2.16. The van der Waals surface area contributed by atoms with Gasteiger partial charge in [0.15, 0.2) is 5.01 Å². The summed E-state index contributed by atoms with van der Waals surface area (Å²) >= 11 is 0.870. The molecule has 2 aromatic rings. The van der Waals surface area contributed by atoms with Crippen molar-refractivity contribution in [1.29, 1.82) is 0 Å². The Morgan fingerprint density at radius 1 is 1.35 bits per heavy atom. The molecular formula is C12H17F2N5S. The van der Waals surface area contributed by atoms with Gasteiger partial charge in [0.1, 0.15) is 0 Å². The van der Waals surface area contributed by atoms with Crippen LogP contribution in [0.1, 0.15) is 43.5 Å². The van der Waals surface area contributed by atoms with Crippen molar-refractivity contribution in [2.24, 2.45) is 7.05 Å². The monoisotopic (exact) mass is 301 g/mol. The molecule has 110 valence electrons. The van der Waals surface area contributed by atoms with Crippen LogP contribution in [-0.2, 0) is 19.0 Å². The normalized spacial score (nSPS) is 12.2. The average Bonchev–Trinajstić information content (AvgIpc) is 2.91. The van der Waals surface area contributed by atoms with Crippen LogP contribution >= 0.6 is 11.3 Å². The number of hydrogen-bond acceptors (Lipinski definition) is 5. The summed E-state index contributed by atoms with van der Waals surface area (Å²) in [4.78, 5) is 0. The summed E-state index contributed by atoms with van der Waals surface area (Å²) in [5, 5.41) is 14.7. The summed E-state index contributed by atoms with van der Waals surface area (Å²) in [7, 11) is 1.86. The number of anilines is 1. The highest BCUT2D eigenvalue weighted by Crippen LogP contribution is 2.27. The molecule has 0 radical (unpaired) electrons. The molecule has 20 heavy (non-hydrogen) atoms. The number of nitrogens with one attached hydrogen (secondary N) is 1. The molecule has 0 fully saturated rings. The third-order valence-corrected chi connectivity index (χ3v) is 3.56. The van der Waals surface area contributed by atoms with E-state index in [0.717, 1.165) is 22.6 Å². The second-order valence-electron chi connectivity index (χ2n) is 5.53. The van der Waals surface area contributed by atoms with Crippen LogP contribution < -0.4 is 5.32 Å². The third kappa shape index (κ3) is 3.30. The molecular weight excluding hydrogens is 284 g/mol. The van der Waals surface area contributed by atoms with Crippen molar-refractivity contribution in [3.8, 4) is 0 Å². The minimum Gasteiger partial charge on any atom is -0.356 e. The van der Waals surface area contributed by atoms with Crippen LogP contribution in [0.25, 0.3) is 0 Å². The van der Waals surface area contributed by atoms with Gasteiger partial charge in [-0.05, 0) is 0 Å². The van der Waals surface area contributed by atoms with E-state index in [4.69, 9.17) is 0 Å². The molecule has 0 aliphatic rings. The Bertz CT molecular complexity index is 585. The van der Waals surface area contributed by atoms with Crippen molar-refractivity contribution in [1.82, 2.24) is 20.0 Å². The summed E-state index contributed by atoms with van der Waals surface area (Å²) in [6.45, 7) is 6.73. The van der Waals surface area contributed by atoms with E-state index in [2.05, 4.69) is 41.4 Å². The highest BCUT2D eigenvalue weighted by atomic mass is 32.1. The van der Waals surface area contributed by atoms with E-state index in [1.165, 1.54) is 0 Å². The molecule has 0 spiro atoms. The zero-order valence-corrected chi connectivity index (χ0v) is 12.6. The third-order valence-electron chi connectivity index (χ3n) is 2.67. The Morgan fingerprint density at radius 2 is 2.05 bits per heavy atom. The van der Waals surface area contributed by atoms with Crippen molar-refractivity contribution >= 4 is 16.5 Å². The van der Waals surface area contributed by atoms with Crippen LogP contribution in [-0.4, -0.2) is 20.0 Å². The number of nitrogens with zero attached hydrogens (tertiary/aromatic N) is 4. The average molecular weight is 301 g/mol. The standard InChI is InChI=1S/C12H17F2N5S/c1-12(2,3)8-7(6-19(4)18-8)5-15-11-17-16-10(20-11)9(13)14/h6,9H,5H2,1-4H3,(H,15,17). The molecule has 5 nitrogen and oxygen atoms in total. The molecule has 0 unspecified atom stereocenters. The van der Waals surface area contributed by atoms with Crippen LogP contribution in [0.2, 0.25) is 0 Å². The Hall–Kier alpha value is -1.57. The number of rotatable bonds is 4. The fraction of sp³-hybridized carbons (Fsp3) is 0.583. The molecule has 2 aromatic heterocycles. The minimum atomic E-state index is -2.58. The first-order valence-electron chi connectivity index (χ1n) is 6.16. The van der Waals surface area contributed by atoms with Crippen molar-refractivity contribution in [2.75, 3.05) is 5.32 Å². The summed E-state index contributed by atoms with van der Waals surface area (Å²) in [5.74, 6) is 0. The molecule has 0 amide bonds. The lowest BCUT2D eigenvalue weighted by molar-refractivity contribution is 0.150. The maximum Gasteiger partial charge on any atom is 0.291 e. The number of halogens is 2. The first-order chi connectivity index (χ1) is 9.27. The van der Waals surface area contributed by atoms with Gasteiger partial charge >= 0.3 is 0 Å². The molecule has 2 heterocycles. The maximum atomic E-state index is 12.4. The molecule has 0 saturated heterocycles. The molecule has 0 bridgehead atoms. The first kappa shape index (κ1) is 14.8. The second kappa shape index (κ2) is 5.43. The Kier molecular flexibility index (Phi) is 4.03. The van der Waals surface area contributed by atoms with Crippen LogP contribution in [0.15, 0.2) is 6.20 Å². The fourth-order valence-corrected chi connectivity index (χ4v) is 2.46. The van der Waals surface area contributed by atoms with Gasteiger partial charge in [0.2, 0.25) is 5.13 Å². The summed E-state index contributed by atoms with van der Waals surface area (Å²) < 4.78 is 26.6. The molecule has 0 aliphatic carbocycles. The molecule has 1 N–H and O–H groups in total. The first-order valence-corrected chi connectivity index (χ1v) is 6.97. The molecule has 0 saturated carbocycles. The minimum absolute atomic E-state index is 0.0759. The van der Waals surface area contributed by atoms with E-state index < -0.39 is 6.43 Å². The van der Waals surface area contributed by atoms with Gasteiger partial charge in [-0.1, -0.05) is 32.1 Å². The van der Waals surface area contributed by atoms with Crippen LogP contribution in [0.3, 0.4) is 0 Å². The lowest BCUT2D eigenvalue weighted by Gasteiger charge is -2.17. The number of alkyl halides is 2. The Morgan fingerprint density at radius 3 is 2.60 bits per heavy atom. The number of hydrogen-bond donors (Lipinski definition) is 1. The zero-order valence-electron chi connectivity index (χ0n) is 11.8. The smallest absolute Gasteiger partial charge is 0.291 e. The van der Waals surface area contributed by atoms with Gasteiger partial charge in [-0.15, -0.1) is 10.2 Å². The van der Waals surface area contributed by atoms with Gasteiger partial charge in [0.25, 0.3) is 6.43 Å². The SMILES string of the molecule is Cn1cc(CNc2nnc(C(F)F)s2)c(C(C)(C)C)n1. The van der Waals surface area contributed by atoms with Gasteiger partial charge in [0, 0.05) is 30.8 Å². The summed E-state index contributed by atoms with van der Waals surface area (Å²) in [5.41, 5.74) is 1.92. The van der Waals surface area contributed by atoms with Gasteiger partial charge in [0.05, 0.1) is 5.69 Å². The van der Waals surface area contributed by atoms with Gasteiger partial charge in [-0.2, -0.15) is 5.10 Å². The van der Waals surface area contributed by atoms with Crippen molar-refractivity contribution < 1.29 is 8.78 Å². The fourth-order valence-electron chi connectivity index (χ4n) is 1.86. The van der Waals surface area contributed by atoms with E-state index in [0.29, 0.717) is 11.7 Å². The van der Waals surface area contributed by atoms with Crippen molar-refractivity contribution in [3.63, 3.8) is 0 Å². The molecule has 0 aromatic carbocycles. The summed E-state index contributed by atoms with van der Waals surface area (Å²) in [6, 6.07) is 0. The second-order valence-corrected chi connectivity index (χ2v) is 6.54. The van der Waals surface area contributed by atoms with Gasteiger partial charge in [-0.3, -0.25) is 4.68 Å². The summed E-state index contributed by atoms with van der Waals surface area (Å²) in [6.07, 6.45) is -0.658. The maximum absolute atomic E-state index is 12.4. The highest BCUT2D eigenvalue weighted by Gasteiger charge is 2.22. The largest absolute Gasteiger partial charge is 0.356 e. The van der Waals surface area contributed by atoms with E-state index in [9.17, 15) is 8.78 Å². The van der Waals surface area contributed by atoms with Gasteiger partial charge in [-0.25, -0.2) is 8.78 Å². The molecule has 0 atom stereocenters. The van der Waals surface area contributed by atoms with E-state index >= 15 is 0 Å². The Balaban J connectivity index is 2.10. The van der Waals surface area contributed by atoms with E-state index in [1.54, 1.807) is 4.68 Å².